The van der Waals surface area contributed by atoms with Crippen molar-refractivity contribution in [3.05, 3.63) is 71.8 Å². The van der Waals surface area contributed by atoms with Gasteiger partial charge in [0.25, 0.3) is 0 Å². The van der Waals surface area contributed by atoms with Crippen molar-refractivity contribution in [2.45, 2.75) is 19.3 Å². The maximum atomic E-state index is 3.65. The molecule has 2 heterocycles. The van der Waals surface area contributed by atoms with Crippen molar-refractivity contribution in [2.24, 2.45) is 7.05 Å². The average molecular weight is 312 g/mol. The van der Waals surface area contributed by atoms with E-state index in [4.69, 9.17) is 0 Å². The van der Waals surface area contributed by atoms with Crippen LogP contribution < -0.4 is 5.32 Å². The van der Waals surface area contributed by atoms with Gasteiger partial charge in [-0.05, 0) is 35.4 Å². The highest BCUT2D eigenvalue weighted by Gasteiger charge is 2.35. The largest absolute Gasteiger partial charge is 0.355 e. The number of nitrogens with zero attached hydrogens (tertiary/aromatic N) is 1. The zero-order valence-corrected chi connectivity index (χ0v) is 14.2. The number of nitrogens with one attached hydrogen (secondary N) is 1. The van der Waals surface area contributed by atoms with Gasteiger partial charge in [0.2, 0.25) is 0 Å². The topological polar surface area (TPSA) is 17.0 Å². The van der Waals surface area contributed by atoms with E-state index in [0.717, 1.165) is 0 Å². The molecule has 0 bridgehead atoms. The fourth-order valence-electron chi connectivity index (χ4n) is 4.42. The van der Waals surface area contributed by atoms with Gasteiger partial charge in [0, 0.05) is 45.6 Å². The number of rotatable bonds is 0. The molecule has 1 aliphatic heterocycles. The van der Waals surface area contributed by atoms with E-state index in [0.29, 0.717) is 0 Å². The third-order valence-corrected chi connectivity index (χ3v) is 5.57. The molecule has 0 saturated heterocycles. The summed E-state index contributed by atoms with van der Waals surface area (Å²) in [6.45, 7) is 4.68. The maximum absolute atomic E-state index is 3.65. The van der Waals surface area contributed by atoms with Gasteiger partial charge in [-0.3, -0.25) is 0 Å². The number of para-hydroxylation sites is 2. The predicted octanol–water partition coefficient (Wildman–Crippen LogP) is 5.71. The molecule has 0 unspecified atom stereocenters. The summed E-state index contributed by atoms with van der Waals surface area (Å²) in [4.78, 5) is 0. The minimum absolute atomic E-state index is 0.0409. The van der Waals surface area contributed by atoms with Gasteiger partial charge in [-0.2, -0.15) is 0 Å². The molecule has 0 amide bonds. The first-order valence-electron chi connectivity index (χ1n) is 8.46. The number of aryl methyl sites for hydroxylation is 1. The Balaban J connectivity index is 1.98. The van der Waals surface area contributed by atoms with E-state index in [1.54, 1.807) is 0 Å². The van der Waals surface area contributed by atoms with Crippen LogP contribution in [0.1, 0.15) is 25.0 Å². The van der Waals surface area contributed by atoms with E-state index >= 15 is 0 Å². The van der Waals surface area contributed by atoms with Gasteiger partial charge in [0.15, 0.2) is 0 Å². The first-order chi connectivity index (χ1) is 11.6. The molecule has 118 valence electrons. The van der Waals surface area contributed by atoms with E-state index in [1.165, 1.54) is 44.3 Å². The molecule has 5 rings (SSSR count). The van der Waals surface area contributed by atoms with Crippen molar-refractivity contribution in [1.82, 2.24) is 4.57 Å². The number of benzene rings is 3. The lowest BCUT2D eigenvalue weighted by Gasteiger charge is -2.36. The summed E-state index contributed by atoms with van der Waals surface area (Å²) < 4.78 is 2.31. The van der Waals surface area contributed by atoms with Crippen molar-refractivity contribution in [1.29, 1.82) is 0 Å². The molecule has 4 aromatic rings. The molecule has 0 aliphatic carbocycles. The first-order valence-corrected chi connectivity index (χ1v) is 8.46. The van der Waals surface area contributed by atoms with Crippen LogP contribution >= 0.6 is 0 Å². The average Bonchev–Trinajstić information content (AvgIpc) is 2.88. The lowest BCUT2D eigenvalue weighted by atomic mass is 9.73. The van der Waals surface area contributed by atoms with Gasteiger partial charge in [-0.1, -0.05) is 50.2 Å². The monoisotopic (exact) mass is 312 g/mol. The third kappa shape index (κ3) is 1.56. The third-order valence-electron chi connectivity index (χ3n) is 5.57. The zero-order chi connectivity index (χ0) is 16.5. The molecule has 2 nitrogen and oxygen atoms in total. The Hall–Kier alpha value is -2.74. The highest BCUT2D eigenvalue weighted by Crippen LogP contribution is 2.49. The van der Waals surface area contributed by atoms with E-state index in [-0.39, 0.29) is 5.41 Å². The molecule has 3 aromatic carbocycles. The molecule has 1 aromatic heterocycles. The van der Waals surface area contributed by atoms with E-state index in [2.05, 4.69) is 91.4 Å². The van der Waals surface area contributed by atoms with Crippen molar-refractivity contribution >= 4 is 33.2 Å². The first kappa shape index (κ1) is 13.7. The van der Waals surface area contributed by atoms with Crippen LogP contribution in [0.4, 0.5) is 11.4 Å². The van der Waals surface area contributed by atoms with Crippen LogP contribution in [0, 0.1) is 0 Å². The molecule has 2 heteroatoms. The SMILES string of the molecule is Cn1c2ccccc2c2c3c(ccc21)Nc1ccccc1C3(C)C. The molecule has 0 spiro atoms. The number of fused-ring (bicyclic) bond motifs is 6. The number of hydrogen-bond donors (Lipinski definition) is 1. The van der Waals surface area contributed by atoms with Crippen LogP contribution in [0.2, 0.25) is 0 Å². The Morgan fingerprint density at radius 3 is 2.42 bits per heavy atom. The Labute approximate surface area is 141 Å². The van der Waals surface area contributed by atoms with Crippen LogP contribution in [0.15, 0.2) is 60.7 Å². The lowest BCUT2D eigenvalue weighted by molar-refractivity contribution is 0.644. The normalized spacial score (nSPS) is 15.1. The summed E-state index contributed by atoms with van der Waals surface area (Å²) in [5, 5.41) is 6.36. The van der Waals surface area contributed by atoms with Crippen molar-refractivity contribution in [2.75, 3.05) is 5.32 Å². The van der Waals surface area contributed by atoms with E-state index in [9.17, 15) is 0 Å². The minimum atomic E-state index is -0.0409. The highest BCUT2D eigenvalue weighted by molar-refractivity contribution is 6.12. The second-order valence-electron chi connectivity index (χ2n) is 7.25. The molecule has 0 radical (unpaired) electrons. The minimum Gasteiger partial charge on any atom is -0.355 e. The second kappa shape index (κ2) is 4.41. The van der Waals surface area contributed by atoms with Gasteiger partial charge in [0.1, 0.15) is 0 Å². The van der Waals surface area contributed by atoms with Crippen molar-refractivity contribution in [3.63, 3.8) is 0 Å². The van der Waals surface area contributed by atoms with Gasteiger partial charge in [-0.25, -0.2) is 0 Å². The molecule has 0 atom stereocenters. The lowest BCUT2D eigenvalue weighted by Crippen LogP contribution is -2.26. The van der Waals surface area contributed by atoms with Crippen LogP contribution in [0.5, 0.6) is 0 Å². The zero-order valence-electron chi connectivity index (χ0n) is 14.2. The second-order valence-corrected chi connectivity index (χ2v) is 7.25. The summed E-state index contributed by atoms with van der Waals surface area (Å²) in [6.07, 6.45) is 0. The van der Waals surface area contributed by atoms with Crippen LogP contribution in [-0.4, -0.2) is 4.57 Å². The maximum Gasteiger partial charge on any atom is 0.0493 e. The standard InChI is InChI=1S/C22H20N2/c1-22(2)15-9-5-6-10-16(15)23-17-12-13-19-20(21(17)22)14-8-4-7-11-18(14)24(19)3/h4-13,23H,1-3H3. The molecule has 1 N–H and O–H groups in total. The summed E-state index contributed by atoms with van der Waals surface area (Å²) in [7, 11) is 2.16. The van der Waals surface area contributed by atoms with Crippen molar-refractivity contribution < 1.29 is 0 Å². The molecule has 24 heavy (non-hydrogen) atoms. The van der Waals surface area contributed by atoms with Gasteiger partial charge in [0.05, 0.1) is 0 Å². The molecular formula is C22H20N2. The fraction of sp³-hybridized carbons (Fsp3) is 0.182. The predicted molar refractivity (Wildman–Crippen MR) is 102 cm³/mol. The highest BCUT2D eigenvalue weighted by atomic mass is 14.9. The Kier molecular flexibility index (Phi) is 2.52. The summed E-state index contributed by atoms with van der Waals surface area (Å²) in [5.74, 6) is 0. The van der Waals surface area contributed by atoms with Gasteiger partial charge >= 0.3 is 0 Å². The van der Waals surface area contributed by atoms with Crippen LogP contribution in [0.3, 0.4) is 0 Å². The molecule has 0 saturated carbocycles. The number of hydrogen-bond acceptors (Lipinski definition) is 1. The summed E-state index contributed by atoms with van der Waals surface area (Å²) in [5.41, 5.74) is 7.74. The quantitative estimate of drug-likeness (QED) is 0.440. The fourth-order valence-corrected chi connectivity index (χ4v) is 4.42. The Bertz CT molecular complexity index is 1120. The van der Waals surface area contributed by atoms with Crippen LogP contribution in [-0.2, 0) is 12.5 Å². The van der Waals surface area contributed by atoms with E-state index in [1.807, 2.05) is 0 Å². The van der Waals surface area contributed by atoms with Crippen LogP contribution in [0.25, 0.3) is 21.8 Å². The summed E-state index contributed by atoms with van der Waals surface area (Å²) >= 11 is 0. The van der Waals surface area contributed by atoms with Gasteiger partial charge < -0.3 is 9.88 Å². The number of aromatic nitrogens is 1. The number of anilines is 2. The van der Waals surface area contributed by atoms with E-state index < -0.39 is 0 Å². The van der Waals surface area contributed by atoms with Crippen molar-refractivity contribution in [3.8, 4) is 0 Å². The Morgan fingerprint density at radius 1 is 0.792 bits per heavy atom. The molecule has 0 fully saturated rings. The Morgan fingerprint density at radius 2 is 1.54 bits per heavy atom. The molecular weight excluding hydrogens is 292 g/mol. The smallest absolute Gasteiger partial charge is 0.0493 e. The summed E-state index contributed by atoms with van der Waals surface area (Å²) in [6, 6.07) is 21.8. The molecule has 1 aliphatic rings. The van der Waals surface area contributed by atoms with Gasteiger partial charge in [-0.15, -0.1) is 0 Å².